The molecule has 0 amide bonds. The van der Waals surface area contributed by atoms with E-state index in [1.165, 1.54) is 6.08 Å². The summed E-state index contributed by atoms with van der Waals surface area (Å²) in [5.74, 6) is -1.04. The molecule has 116 valence electrons. The van der Waals surface area contributed by atoms with Gasteiger partial charge in [0.15, 0.2) is 0 Å². The normalized spacial score (nSPS) is 12.4. The molecule has 7 heteroatoms. The third kappa shape index (κ3) is 9.15. The molecule has 0 spiro atoms. The zero-order valence-electron chi connectivity index (χ0n) is 11.5. The number of carboxylic acid groups (broad SMARTS) is 1. The van der Waals surface area contributed by atoms with Crippen molar-refractivity contribution in [3.05, 3.63) is 47.5 Å². The summed E-state index contributed by atoms with van der Waals surface area (Å²) in [5.41, 5.74) is 1.40. The molecule has 21 heavy (non-hydrogen) atoms. The Morgan fingerprint density at radius 2 is 1.90 bits per heavy atom. The Balaban J connectivity index is 2.44. The first-order valence-electron chi connectivity index (χ1n) is 6.43. The molecule has 0 radical (unpaired) electrons. The zero-order chi connectivity index (χ0) is 15.7. The molecule has 0 atom stereocenters. The molecule has 0 saturated heterocycles. The maximum atomic E-state index is 11.0. The van der Waals surface area contributed by atoms with Gasteiger partial charge in [-0.1, -0.05) is 42.0 Å². The van der Waals surface area contributed by atoms with Crippen LogP contribution in [0.3, 0.4) is 0 Å². The fraction of sp³-hybridized carbons (Fsp3) is 0.357. The van der Waals surface area contributed by atoms with Gasteiger partial charge in [0.1, 0.15) is 0 Å². The molecule has 0 aliphatic heterocycles. The van der Waals surface area contributed by atoms with Crippen molar-refractivity contribution in [2.24, 2.45) is 0 Å². The minimum atomic E-state index is -4.21. The second-order valence-electron chi connectivity index (χ2n) is 4.57. The van der Waals surface area contributed by atoms with E-state index in [-0.39, 0.29) is 13.0 Å². The molecular weight excluding hydrogens is 295 g/mol. The van der Waals surface area contributed by atoms with Crippen LogP contribution in [0.2, 0.25) is 0 Å². The van der Waals surface area contributed by atoms with E-state index in [2.05, 4.69) is 0 Å². The van der Waals surface area contributed by atoms with Crippen LogP contribution in [-0.2, 0) is 20.7 Å². The van der Waals surface area contributed by atoms with Crippen LogP contribution in [0.4, 0.5) is 0 Å². The number of hydrogen-bond acceptors (Lipinski definition) is 3. The lowest BCUT2D eigenvalue weighted by atomic mass is 10.2. The van der Waals surface area contributed by atoms with E-state index in [1.807, 2.05) is 30.3 Å². The third-order valence-corrected chi connectivity index (χ3v) is 3.47. The average molecular weight is 314 g/mol. The summed E-state index contributed by atoms with van der Waals surface area (Å²) in [6.07, 6.45) is 0.946. The average Bonchev–Trinajstić information content (AvgIpc) is 2.40. The number of benzene rings is 1. The molecule has 1 aromatic rings. The van der Waals surface area contributed by atoms with Crippen molar-refractivity contribution in [1.82, 2.24) is 0 Å². The monoisotopic (exact) mass is 314 g/mol. The minimum Gasteiger partial charge on any atom is -0.481 e. The quantitative estimate of drug-likeness (QED) is 0.366. The second kappa shape index (κ2) is 8.74. The van der Waals surface area contributed by atoms with Gasteiger partial charge in [0.25, 0.3) is 0 Å². The van der Waals surface area contributed by atoms with E-state index in [9.17, 15) is 9.36 Å². The molecule has 3 N–H and O–H groups in total. The summed E-state index contributed by atoms with van der Waals surface area (Å²) in [7, 11) is -4.21. The summed E-state index contributed by atoms with van der Waals surface area (Å²) in [6.45, 7) is 0.684. The van der Waals surface area contributed by atoms with Gasteiger partial charge >= 0.3 is 13.6 Å². The van der Waals surface area contributed by atoms with Gasteiger partial charge in [-0.05, 0) is 12.0 Å². The summed E-state index contributed by atoms with van der Waals surface area (Å²) in [5, 5.41) is 8.61. The van der Waals surface area contributed by atoms with Crippen molar-refractivity contribution in [1.29, 1.82) is 0 Å². The Morgan fingerprint density at radius 3 is 2.48 bits per heavy atom. The smallest absolute Gasteiger partial charge is 0.329 e. The third-order valence-electron chi connectivity index (χ3n) is 2.65. The van der Waals surface area contributed by atoms with Crippen LogP contribution in [0.25, 0.3) is 0 Å². The molecule has 0 bridgehead atoms. The first-order chi connectivity index (χ1) is 9.87. The van der Waals surface area contributed by atoms with Crippen LogP contribution in [0.1, 0.15) is 18.4 Å². The van der Waals surface area contributed by atoms with Crippen molar-refractivity contribution in [2.75, 3.05) is 12.8 Å². The predicted molar refractivity (Wildman–Crippen MR) is 78.0 cm³/mol. The molecule has 0 aliphatic carbocycles. The lowest BCUT2D eigenvalue weighted by Crippen LogP contribution is -2.02. The van der Waals surface area contributed by atoms with Crippen molar-refractivity contribution in [3.8, 4) is 0 Å². The standard InChI is InChI=1S/C14H19O6P/c15-14(16)7-6-13(11-21(17,18)19)8-9-20-10-12-4-2-1-3-5-12/h1-6H,7-11H2,(H,15,16)(H2,17,18,19). The lowest BCUT2D eigenvalue weighted by Gasteiger charge is -2.10. The van der Waals surface area contributed by atoms with Crippen LogP contribution < -0.4 is 0 Å². The van der Waals surface area contributed by atoms with Gasteiger partial charge in [-0.15, -0.1) is 0 Å². The number of rotatable bonds is 9. The lowest BCUT2D eigenvalue weighted by molar-refractivity contribution is -0.136. The highest BCUT2D eigenvalue weighted by atomic mass is 31.2. The minimum absolute atomic E-state index is 0.256. The number of carbonyl (C=O) groups is 1. The zero-order valence-corrected chi connectivity index (χ0v) is 12.4. The van der Waals surface area contributed by atoms with E-state index >= 15 is 0 Å². The van der Waals surface area contributed by atoms with Crippen molar-refractivity contribution >= 4 is 13.6 Å². The Bertz CT molecular complexity index is 520. The Morgan fingerprint density at radius 1 is 1.24 bits per heavy atom. The molecule has 0 saturated carbocycles. The molecule has 1 rings (SSSR count). The molecule has 6 nitrogen and oxygen atoms in total. The molecule has 0 aromatic heterocycles. The highest BCUT2D eigenvalue weighted by Crippen LogP contribution is 2.37. The van der Waals surface area contributed by atoms with Gasteiger partial charge in [-0.2, -0.15) is 0 Å². The van der Waals surface area contributed by atoms with Gasteiger partial charge in [0, 0.05) is 0 Å². The number of carboxylic acids is 1. The molecule has 0 aliphatic rings. The molecule has 0 fully saturated rings. The van der Waals surface area contributed by atoms with Gasteiger partial charge in [-0.25, -0.2) is 0 Å². The topological polar surface area (TPSA) is 104 Å². The molecule has 0 unspecified atom stereocenters. The van der Waals surface area contributed by atoms with Gasteiger partial charge in [0.2, 0.25) is 0 Å². The van der Waals surface area contributed by atoms with Crippen molar-refractivity contribution in [2.45, 2.75) is 19.4 Å². The van der Waals surface area contributed by atoms with Gasteiger partial charge < -0.3 is 19.6 Å². The van der Waals surface area contributed by atoms with E-state index in [0.29, 0.717) is 18.6 Å². The van der Waals surface area contributed by atoms with Crippen molar-refractivity contribution < 1.29 is 29.0 Å². The molecule has 1 aromatic carbocycles. The van der Waals surface area contributed by atoms with E-state index in [4.69, 9.17) is 19.6 Å². The van der Waals surface area contributed by atoms with Gasteiger partial charge in [0.05, 0.1) is 25.8 Å². The summed E-state index contributed by atoms with van der Waals surface area (Å²) in [6, 6.07) is 9.51. The summed E-state index contributed by atoms with van der Waals surface area (Å²) < 4.78 is 16.4. The Hall–Kier alpha value is -1.46. The molecule has 0 heterocycles. The van der Waals surface area contributed by atoms with E-state index in [1.54, 1.807) is 0 Å². The van der Waals surface area contributed by atoms with Gasteiger partial charge in [-0.3, -0.25) is 9.36 Å². The number of aliphatic carboxylic acids is 1. The number of hydrogen-bond donors (Lipinski definition) is 3. The molecular formula is C14H19O6P. The summed E-state index contributed by atoms with van der Waals surface area (Å²) in [4.78, 5) is 28.5. The highest BCUT2D eigenvalue weighted by molar-refractivity contribution is 7.52. The second-order valence-corrected chi connectivity index (χ2v) is 6.22. The van der Waals surface area contributed by atoms with Crippen LogP contribution in [-0.4, -0.2) is 33.6 Å². The highest BCUT2D eigenvalue weighted by Gasteiger charge is 2.16. The first kappa shape index (κ1) is 17.6. The maximum absolute atomic E-state index is 11.0. The fourth-order valence-corrected chi connectivity index (χ4v) is 2.53. The van der Waals surface area contributed by atoms with Crippen LogP contribution in [0.5, 0.6) is 0 Å². The Labute approximate surface area is 123 Å². The largest absolute Gasteiger partial charge is 0.481 e. The van der Waals surface area contributed by atoms with E-state index in [0.717, 1.165) is 5.56 Å². The predicted octanol–water partition coefficient (Wildman–Crippen LogP) is 2.17. The van der Waals surface area contributed by atoms with Crippen LogP contribution in [0, 0.1) is 0 Å². The van der Waals surface area contributed by atoms with Crippen LogP contribution in [0.15, 0.2) is 42.0 Å². The van der Waals surface area contributed by atoms with Crippen molar-refractivity contribution in [3.63, 3.8) is 0 Å². The first-order valence-corrected chi connectivity index (χ1v) is 8.22. The number of ether oxygens (including phenoxy) is 1. The Kier molecular flexibility index (Phi) is 7.32. The summed E-state index contributed by atoms with van der Waals surface area (Å²) >= 11 is 0. The van der Waals surface area contributed by atoms with E-state index < -0.39 is 19.7 Å². The van der Waals surface area contributed by atoms with Crippen LogP contribution >= 0.6 is 7.60 Å². The maximum Gasteiger partial charge on any atom is 0.329 e. The SMILES string of the molecule is O=C(O)CC=C(CCOCc1ccccc1)CP(=O)(O)O. The fourth-order valence-electron chi connectivity index (χ4n) is 1.71.